The van der Waals surface area contributed by atoms with Gasteiger partial charge in [-0.25, -0.2) is 0 Å². The highest BCUT2D eigenvalue weighted by atomic mass is 15.1. The number of hydrogen-bond acceptors (Lipinski definition) is 2. The molecule has 7 aromatic rings. The first-order valence-corrected chi connectivity index (χ1v) is 13.2. The van der Waals surface area contributed by atoms with Crippen LogP contribution in [0.25, 0.3) is 27.5 Å². The van der Waals surface area contributed by atoms with Crippen LogP contribution in [0.4, 0.5) is 28.4 Å². The number of hydrogen-bond donors (Lipinski definition) is 1. The van der Waals surface area contributed by atoms with Crippen LogP contribution in [0.5, 0.6) is 0 Å². The van der Waals surface area contributed by atoms with Crippen LogP contribution in [0.15, 0.2) is 158 Å². The molecule has 0 spiro atoms. The van der Waals surface area contributed by atoms with Crippen molar-refractivity contribution in [3.05, 3.63) is 158 Å². The molecule has 3 nitrogen and oxygen atoms in total. The maximum atomic E-state index is 3.66. The summed E-state index contributed by atoms with van der Waals surface area (Å²) in [5.74, 6) is 0. The van der Waals surface area contributed by atoms with Gasteiger partial charge in [0.1, 0.15) is 0 Å². The smallest absolute Gasteiger partial charge is 0.0541 e. The Balaban J connectivity index is 1.50. The second-order valence-electron chi connectivity index (χ2n) is 9.61. The van der Waals surface area contributed by atoms with Gasteiger partial charge in [-0.05, 0) is 66.7 Å². The van der Waals surface area contributed by atoms with Crippen LogP contribution in [-0.2, 0) is 0 Å². The van der Waals surface area contributed by atoms with E-state index in [0.717, 1.165) is 34.1 Å². The summed E-state index contributed by atoms with van der Waals surface area (Å²) in [6.07, 6.45) is 0. The Kier molecular flexibility index (Phi) is 5.80. The molecule has 6 aromatic carbocycles. The van der Waals surface area contributed by atoms with E-state index in [1.54, 1.807) is 0 Å². The molecule has 0 radical (unpaired) electrons. The van der Waals surface area contributed by atoms with Gasteiger partial charge in [0.15, 0.2) is 0 Å². The Morgan fingerprint density at radius 3 is 1.46 bits per heavy atom. The van der Waals surface area contributed by atoms with E-state index in [-0.39, 0.29) is 0 Å². The van der Waals surface area contributed by atoms with E-state index in [1.165, 1.54) is 21.8 Å². The molecular weight excluding hydrogens is 474 g/mol. The summed E-state index contributed by atoms with van der Waals surface area (Å²) in [5, 5.41) is 6.16. The zero-order valence-electron chi connectivity index (χ0n) is 21.4. The van der Waals surface area contributed by atoms with Crippen molar-refractivity contribution in [1.82, 2.24) is 4.57 Å². The molecule has 0 aliphatic carbocycles. The molecule has 1 N–H and O–H groups in total. The molecular formula is C36H27N3. The Bertz CT molecular complexity index is 1780. The van der Waals surface area contributed by atoms with Gasteiger partial charge in [0.2, 0.25) is 0 Å². The van der Waals surface area contributed by atoms with E-state index in [9.17, 15) is 0 Å². The molecule has 186 valence electrons. The molecule has 0 bridgehead atoms. The van der Waals surface area contributed by atoms with Gasteiger partial charge in [0.25, 0.3) is 0 Å². The molecule has 0 unspecified atom stereocenters. The van der Waals surface area contributed by atoms with Gasteiger partial charge >= 0.3 is 0 Å². The average Bonchev–Trinajstić information content (AvgIpc) is 3.33. The highest BCUT2D eigenvalue weighted by Crippen LogP contribution is 2.39. The molecule has 0 saturated heterocycles. The van der Waals surface area contributed by atoms with Crippen LogP contribution in [0.3, 0.4) is 0 Å². The summed E-state index contributed by atoms with van der Waals surface area (Å²) in [6.45, 7) is 0. The highest BCUT2D eigenvalue weighted by molar-refractivity contribution is 6.09. The van der Waals surface area contributed by atoms with Crippen LogP contribution in [0, 0.1) is 0 Å². The molecule has 0 fully saturated rings. The van der Waals surface area contributed by atoms with Crippen molar-refractivity contribution in [2.75, 3.05) is 10.2 Å². The number of fused-ring (bicyclic) bond motifs is 3. The predicted molar refractivity (Wildman–Crippen MR) is 165 cm³/mol. The SMILES string of the molecule is c1ccc(Nc2cc(N(c3ccccc3)c3ccccc3)cc(-n3c4ccccc4c4ccccc43)c2)cc1. The number of nitrogens with one attached hydrogen (secondary N) is 1. The fourth-order valence-electron chi connectivity index (χ4n) is 5.42. The second-order valence-corrected chi connectivity index (χ2v) is 9.61. The first-order valence-electron chi connectivity index (χ1n) is 13.2. The minimum Gasteiger partial charge on any atom is -0.355 e. The molecule has 1 aromatic heterocycles. The minimum atomic E-state index is 1.02. The molecule has 0 saturated carbocycles. The second kappa shape index (κ2) is 9.88. The number of aromatic nitrogens is 1. The van der Waals surface area contributed by atoms with E-state index in [0.29, 0.717) is 0 Å². The molecule has 39 heavy (non-hydrogen) atoms. The summed E-state index contributed by atoms with van der Waals surface area (Å²) >= 11 is 0. The number of anilines is 5. The Morgan fingerprint density at radius 2 is 0.897 bits per heavy atom. The Labute approximate surface area is 228 Å². The lowest BCUT2D eigenvalue weighted by Crippen LogP contribution is -2.11. The van der Waals surface area contributed by atoms with E-state index in [1.807, 2.05) is 6.07 Å². The van der Waals surface area contributed by atoms with E-state index in [2.05, 4.69) is 166 Å². The normalized spacial score (nSPS) is 11.1. The third kappa shape index (κ3) is 4.30. The Hall–Kier alpha value is -5.28. The van der Waals surface area contributed by atoms with Gasteiger partial charge in [-0.2, -0.15) is 0 Å². The first-order chi connectivity index (χ1) is 19.3. The summed E-state index contributed by atoms with van der Waals surface area (Å²) in [4.78, 5) is 2.31. The van der Waals surface area contributed by atoms with Crippen molar-refractivity contribution in [2.45, 2.75) is 0 Å². The van der Waals surface area contributed by atoms with Crippen molar-refractivity contribution >= 4 is 50.2 Å². The summed E-state index contributed by atoms with van der Waals surface area (Å²) in [7, 11) is 0. The van der Waals surface area contributed by atoms with Crippen LogP contribution in [0.1, 0.15) is 0 Å². The zero-order valence-corrected chi connectivity index (χ0v) is 21.4. The monoisotopic (exact) mass is 501 g/mol. The van der Waals surface area contributed by atoms with Gasteiger partial charge in [0.05, 0.1) is 22.4 Å². The van der Waals surface area contributed by atoms with Gasteiger partial charge < -0.3 is 14.8 Å². The van der Waals surface area contributed by atoms with Gasteiger partial charge in [0, 0.05) is 33.5 Å². The lowest BCUT2D eigenvalue weighted by Gasteiger charge is -2.27. The standard InChI is InChI=1S/C36H27N3/c1-4-14-27(15-5-1)37-28-24-31(38(29-16-6-2-7-17-29)30-18-8-3-9-19-30)26-32(25-28)39-35-22-12-10-20-33(35)34-21-11-13-23-36(34)39/h1-26,37H. The van der Waals surface area contributed by atoms with E-state index >= 15 is 0 Å². The van der Waals surface area contributed by atoms with E-state index in [4.69, 9.17) is 0 Å². The lowest BCUT2D eigenvalue weighted by atomic mass is 10.1. The molecule has 0 atom stereocenters. The number of benzene rings is 6. The maximum Gasteiger partial charge on any atom is 0.0541 e. The van der Waals surface area contributed by atoms with E-state index < -0.39 is 0 Å². The topological polar surface area (TPSA) is 20.2 Å². The number of para-hydroxylation sites is 5. The summed E-state index contributed by atoms with van der Waals surface area (Å²) < 4.78 is 2.37. The molecule has 0 amide bonds. The predicted octanol–water partition coefficient (Wildman–Crippen LogP) is 10.00. The minimum absolute atomic E-state index is 1.02. The highest BCUT2D eigenvalue weighted by Gasteiger charge is 2.17. The third-order valence-corrected chi connectivity index (χ3v) is 7.09. The third-order valence-electron chi connectivity index (χ3n) is 7.09. The van der Waals surface area contributed by atoms with Crippen LogP contribution < -0.4 is 10.2 Å². The molecule has 0 aliphatic heterocycles. The summed E-state index contributed by atoms with van der Waals surface area (Å²) in [6, 6.07) is 55.5. The average molecular weight is 502 g/mol. The van der Waals surface area contributed by atoms with Crippen LogP contribution in [-0.4, -0.2) is 4.57 Å². The van der Waals surface area contributed by atoms with Crippen molar-refractivity contribution in [2.24, 2.45) is 0 Å². The molecule has 1 heterocycles. The zero-order chi connectivity index (χ0) is 26.0. The van der Waals surface area contributed by atoms with Crippen LogP contribution >= 0.6 is 0 Å². The van der Waals surface area contributed by atoms with Crippen LogP contribution in [0.2, 0.25) is 0 Å². The fourth-order valence-corrected chi connectivity index (χ4v) is 5.42. The van der Waals surface area contributed by atoms with Crippen molar-refractivity contribution in [3.63, 3.8) is 0 Å². The summed E-state index contributed by atoms with van der Waals surface area (Å²) in [5.41, 5.74) is 8.83. The Morgan fingerprint density at radius 1 is 0.410 bits per heavy atom. The maximum absolute atomic E-state index is 3.66. The first kappa shape index (κ1) is 22.9. The lowest BCUT2D eigenvalue weighted by molar-refractivity contribution is 1.17. The number of rotatable bonds is 6. The fraction of sp³-hybridized carbons (Fsp3) is 0. The van der Waals surface area contributed by atoms with Gasteiger partial charge in [-0.3, -0.25) is 0 Å². The molecule has 7 rings (SSSR count). The van der Waals surface area contributed by atoms with Crippen molar-refractivity contribution in [3.8, 4) is 5.69 Å². The molecule has 3 heteroatoms. The van der Waals surface area contributed by atoms with Crippen molar-refractivity contribution < 1.29 is 0 Å². The quantitative estimate of drug-likeness (QED) is 0.245. The number of nitrogens with zero attached hydrogens (tertiary/aromatic N) is 2. The molecule has 0 aliphatic rings. The van der Waals surface area contributed by atoms with Crippen molar-refractivity contribution in [1.29, 1.82) is 0 Å². The van der Waals surface area contributed by atoms with Gasteiger partial charge in [-0.15, -0.1) is 0 Å². The van der Waals surface area contributed by atoms with Gasteiger partial charge in [-0.1, -0.05) is 91.0 Å². The largest absolute Gasteiger partial charge is 0.355 e.